The van der Waals surface area contributed by atoms with E-state index in [1.54, 1.807) is 7.05 Å². The highest BCUT2D eigenvalue weighted by Crippen LogP contribution is 2.08. The third-order valence-electron chi connectivity index (χ3n) is 2.39. The van der Waals surface area contributed by atoms with Crippen LogP contribution in [0.4, 0.5) is 4.79 Å². The van der Waals surface area contributed by atoms with Crippen molar-refractivity contribution < 1.29 is 14.3 Å². The lowest BCUT2D eigenvalue weighted by Crippen LogP contribution is -2.41. The third kappa shape index (κ3) is 12.0. The number of rotatable bonds is 8. The fourth-order valence-electron chi connectivity index (χ4n) is 1.35. The minimum atomic E-state index is -0.486. The average Bonchev–Trinajstić information content (AvgIpc) is 2.36. The molecule has 7 heteroatoms. The zero-order valence-corrected chi connectivity index (χ0v) is 13.9. The van der Waals surface area contributed by atoms with Gasteiger partial charge in [0.1, 0.15) is 5.60 Å². The SMILES string of the molecule is CCOCCCN=C(N)NCCN(C)C(=O)OC(C)(C)C. The second-order valence-corrected chi connectivity index (χ2v) is 5.65. The van der Waals surface area contributed by atoms with Crippen molar-refractivity contribution in [1.82, 2.24) is 10.2 Å². The summed E-state index contributed by atoms with van der Waals surface area (Å²) < 4.78 is 10.4. The van der Waals surface area contributed by atoms with E-state index in [0.29, 0.717) is 38.8 Å². The van der Waals surface area contributed by atoms with Crippen LogP contribution < -0.4 is 11.1 Å². The number of ether oxygens (including phenoxy) is 2. The van der Waals surface area contributed by atoms with Crippen LogP contribution in [0.15, 0.2) is 4.99 Å². The average molecular weight is 302 g/mol. The van der Waals surface area contributed by atoms with E-state index in [2.05, 4.69) is 10.3 Å². The van der Waals surface area contributed by atoms with Gasteiger partial charge in [-0.05, 0) is 34.1 Å². The van der Waals surface area contributed by atoms with Crippen LogP contribution in [-0.2, 0) is 9.47 Å². The van der Waals surface area contributed by atoms with Crippen LogP contribution in [0.3, 0.4) is 0 Å². The van der Waals surface area contributed by atoms with Gasteiger partial charge in [-0.1, -0.05) is 0 Å². The number of nitrogens with one attached hydrogen (secondary N) is 1. The largest absolute Gasteiger partial charge is 0.444 e. The van der Waals surface area contributed by atoms with Crippen molar-refractivity contribution in [2.45, 2.75) is 39.7 Å². The fraction of sp³-hybridized carbons (Fsp3) is 0.857. The molecule has 0 aliphatic rings. The number of aliphatic imine (C=N–C) groups is 1. The molecule has 124 valence electrons. The summed E-state index contributed by atoms with van der Waals surface area (Å²) in [7, 11) is 1.69. The van der Waals surface area contributed by atoms with Gasteiger partial charge in [-0.2, -0.15) is 0 Å². The molecule has 7 nitrogen and oxygen atoms in total. The summed E-state index contributed by atoms with van der Waals surface area (Å²) in [6.45, 7) is 10.5. The van der Waals surface area contributed by atoms with Gasteiger partial charge < -0.3 is 25.4 Å². The number of hydrogen-bond donors (Lipinski definition) is 2. The number of carbonyl (C=O) groups excluding carboxylic acids is 1. The molecule has 0 aliphatic heterocycles. The summed E-state index contributed by atoms with van der Waals surface area (Å²) in [4.78, 5) is 17.4. The fourth-order valence-corrected chi connectivity index (χ4v) is 1.35. The molecule has 0 rings (SSSR count). The molecule has 0 radical (unpaired) electrons. The maximum atomic E-state index is 11.7. The lowest BCUT2D eigenvalue weighted by molar-refractivity contribution is 0.0302. The molecule has 0 fully saturated rings. The number of hydrogen-bond acceptors (Lipinski definition) is 4. The van der Waals surface area contributed by atoms with Gasteiger partial charge in [-0.3, -0.25) is 4.99 Å². The number of guanidine groups is 1. The molecule has 0 unspecified atom stereocenters. The quantitative estimate of drug-likeness (QED) is 0.399. The topological polar surface area (TPSA) is 89.2 Å². The van der Waals surface area contributed by atoms with E-state index in [-0.39, 0.29) is 6.09 Å². The van der Waals surface area contributed by atoms with E-state index in [9.17, 15) is 4.79 Å². The minimum Gasteiger partial charge on any atom is -0.444 e. The van der Waals surface area contributed by atoms with Crippen molar-refractivity contribution in [2.24, 2.45) is 10.7 Å². The van der Waals surface area contributed by atoms with Crippen molar-refractivity contribution in [1.29, 1.82) is 0 Å². The van der Waals surface area contributed by atoms with Gasteiger partial charge >= 0.3 is 6.09 Å². The number of likely N-dealkylation sites (N-methyl/N-ethyl adjacent to an activating group) is 1. The summed E-state index contributed by atoms with van der Waals surface area (Å²) in [6.07, 6.45) is 0.491. The summed E-state index contributed by atoms with van der Waals surface area (Å²) in [5, 5.41) is 2.96. The Morgan fingerprint density at radius 3 is 2.62 bits per heavy atom. The van der Waals surface area contributed by atoms with Gasteiger partial charge in [-0.25, -0.2) is 4.79 Å². The maximum Gasteiger partial charge on any atom is 0.410 e. The van der Waals surface area contributed by atoms with E-state index in [0.717, 1.165) is 6.42 Å². The van der Waals surface area contributed by atoms with Crippen LogP contribution in [0.5, 0.6) is 0 Å². The molecule has 0 aromatic rings. The summed E-state index contributed by atoms with van der Waals surface area (Å²) in [6, 6.07) is 0. The van der Waals surface area contributed by atoms with E-state index in [1.165, 1.54) is 4.90 Å². The van der Waals surface area contributed by atoms with Crippen molar-refractivity contribution in [3.8, 4) is 0 Å². The standard InChI is InChI=1S/C14H30N4O3/c1-6-20-11-7-8-16-12(15)17-9-10-18(5)13(19)21-14(2,3)4/h6-11H2,1-5H3,(H3,15,16,17). The first-order valence-corrected chi connectivity index (χ1v) is 7.32. The first-order chi connectivity index (χ1) is 9.76. The molecule has 1 amide bonds. The molecule has 0 saturated carbocycles. The Morgan fingerprint density at radius 2 is 2.05 bits per heavy atom. The molecule has 0 aromatic heterocycles. The van der Waals surface area contributed by atoms with E-state index >= 15 is 0 Å². The van der Waals surface area contributed by atoms with E-state index in [1.807, 2.05) is 27.7 Å². The Bertz CT molecular complexity index is 327. The lowest BCUT2D eigenvalue weighted by atomic mass is 10.2. The Kier molecular flexibility index (Phi) is 9.53. The van der Waals surface area contributed by atoms with Crippen LogP contribution in [-0.4, -0.2) is 62.4 Å². The van der Waals surface area contributed by atoms with Crippen LogP contribution in [0.1, 0.15) is 34.1 Å². The number of amides is 1. The van der Waals surface area contributed by atoms with Crippen LogP contribution in [0, 0.1) is 0 Å². The Balaban J connectivity index is 3.81. The lowest BCUT2D eigenvalue weighted by Gasteiger charge is -2.24. The molecule has 0 heterocycles. The number of nitrogens with two attached hydrogens (primary N) is 1. The Morgan fingerprint density at radius 1 is 1.38 bits per heavy atom. The van der Waals surface area contributed by atoms with Gasteiger partial charge in [0.05, 0.1) is 0 Å². The molecule has 21 heavy (non-hydrogen) atoms. The van der Waals surface area contributed by atoms with Gasteiger partial charge in [0.2, 0.25) is 0 Å². The van der Waals surface area contributed by atoms with Gasteiger partial charge in [0.15, 0.2) is 5.96 Å². The van der Waals surface area contributed by atoms with Gasteiger partial charge in [-0.15, -0.1) is 0 Å². The molecule has 0 aliphatic carbocycles. The zero-order valence-electron chi connectivity index (χ0n) is 13.9. The van der Waals surface area contributed by atoms with Crippen LogP contribution in [0.25, 0.3) is 0 Å². The molecular formula is C14H30N4O3. The van der Waals surface area contributed by atoms with Crippen LogP contribution in [0.2, 0.25) is 0 Å². The van der Waals surface area contributed by atoms with Gasteiger partial charge in [0, 0.05) is 39.9 Å². The highest BCUT2D eigenvalue weighted by atomic mass is 16.6. The van der Waals surface area contributed by atoms with Crippen molar-refractivity contribution in [3.05, 3.63) is 0 Å². The molecule has 0 saturated heterocycles. The summed E-state index contributed by atoms with van der Waals surface area (Å²) in [5.74, 6) is 0.379. The van der Waals surface area contributed by atoms with Crippen molar-refractivity contribution in [3.63, 3.8) is 0 Å². The smallest absolute Gasteiger partial charge is 0.410 e. The van der Waals surface area contributed by atoms with Gasteiger partial charge in [0.25, 0.3) is 0 Å². The molecule has 0 bridgehead atoms. The first kappa shape index (κ1) is 19.5. The third-order valence-corrected chi connectivity index (χ3v) is 2.39. The summed E-state index contributed by atoms with van der Waals surface area (Å²) in [5.41, 5.74) is 5.23. The van der Waals surface area contributed by atoms with E-state index < -0.39 is 5.60 Å². The Labute approximate surface area is 127 Å². The van der Waals surface area contributed by atoms with E-state index in [4.69, 9.17) is 15.2 Å². The maximum absolute atomic E-state index is 11.7. The first-order valence-electron chi connectivity index (χ1n) is 7.32. The molecule has 0 atom stereocenters. The van der Waals surface area contributed by atoms with Crippen molar-refractivity contribution >= 4 is 12.1 Å². The minimum absolute atomic E-state index is 0.350. The second kappa shape index (κ2) is 10.3. The predicted octanol–water partition coefficient (Wildman–Crippen LogP) is 1.18. The monoisotopic (exact) mass is 302 g/mol. The molecule has 3 N–H and O–H groups in total. The highest BCUT2D eigenvalue weighted by molar-refractivity contribution is 5.77. The van der Waals surface area contributed by atoms with Crippen molar-refractivity contribution in [2.75, 3.05) is 39.9 Å². The number of nitrogens with zero attached hydrogens (tertiary/aromatic N) is 2. The zero-order chi connectivity index (χ0) is 16.3. The molecule has 0 spiro atoms. The van der Waals surface area contributed by atoms with Crippen LogP contribution >= 0.6 is 0 Å². The second-order valence-electron chi connectivity index (χ2n) is 5.65. The normalized spacial score (nSPS) is 12.1. The summed E-state index contributed by atoms with van der Waals surface area (Å²) >= 11 is 0. The molecule has 0 aromatic carbocycles. The predicted molar refractivity (Wildman–Crippen MR) is 84.5 cm³/mol. The highest BCUT2D eigenvalue weighted by Gasteiger charge is 2.19. The Hall–Kier alpha value is -1.50. The molecular weight excluding hydrogens is 272 g/mol. The number of carbonyl (C=O) groups is 1.